The van der Waals surface area contributed by atoms with Crippen molar-refractivity contribution in [3.8, 4) is 0 Å². The Morgan fingerprint density at radius 3 is 2.52 bits per heavy atom. The minimum atomic E-state index is -0.0311. The number of hydrogen-bond donors (Lipinski definition) is 1. The molecule has 6 nitrogen and oxygen atoms in total. The standard InChI is InChI=1S/C19H35N3O3/c1-3-15(2)18(23)22-10-4-6-16(14-22)19(24)21-11-7-17(8-12-21)25-13-5-9-20/h15-17H,3-14,20H2,1-2H3. The monoisotopic (exact) mass is 353 g/mol. The zero-order valence-corrected chi connectivity index (χ0v) is 15.9. The van der Waals surface area contributed by atoms with Gasteiger partial charge in [0.05, 0.1) is 12.0 Å². The first-order valence-corrected chi connectivity index (χ1v) is 9.96. The topological polar surface area (TPSA) is 75.9 Å². The van der Waals surface area contributed by atoms with E-state index in [1.54, 1.807) is 0 Å². The smallest absolute Gasteiger partial charge is 0.227 e. The minimum absolute atomic E-state index is 0.0311. The van der Waals surface area contributed by atoms with Gasteiger partial charge in [-0.25, -0.2) is 0 Å². The maximum atomic E-state index is 12.9. The number of piperidine rings is 2. The van der Waals surface area contributed by atoms with Gasteiger partial charge in [0, 0.05) is 38.7 Å². The van der Waals surface area contributed by atoms with E-state index in [0.717, 1.165) is 58.2 Å². The van der Waals surface area contributed by atoms with Crippen LogP contribution in [0.25, 0.3) is 0 Å². The summed E-state index contributed by atoms with van der Waals surface area (Å²) in [6, 6.07) is 0. The molecule has 25 heavy (non-hydrogen) atoms. The highest BCUT2D eigenvalue weighted by Gasteiger charge is 2.33. The molecule has 2 aliphatic heterocycles. The van der Waals surface area contributed by atoms with Crippen LogP contribution in [0.15, 0.2) is 0 Å². The molecule has 2 heterocycles. The molecule has 0 spiro atoms. The fourth-order valence-electron chi connectivity index (χ4n) is 3.70. The van der Waals surface area contributed by atoms with E-state index in [1.807, 2.05) is 23.6 Å². The van der Waals surface area contributed by atoms with E-state index in [4.69, 9.17) is 10.5 Å². The molecule has 0 aromatic rings. The second-order valence-corrected chi connectivity index (χ2v) is 7.47. The number of carbonyl (C=O) groups is 2. The van der Waals surface area contributed by atoms with Gasteiger partial charge in [-0.15, -0.1) is 0 Å². The van der Waals surface area contributed by atoms with Crippen LogP contribution < -0.4 is 5.73 Å². The van der Waals surface area contributed by atoms with Crippen molar-refractivity contribution in [3.63, 3.8) is 0 Å². The van der Waals surface area contributed by atoms with Gasteiger partial charge in [-0.05, 0) is 45.1 Å². The summed E-state index contributed by atoms with van der Waals surface area (Å²) >= 11 is 0. The van der Waals surface area contributed by atoms with Crippen molar-refractivity contribution >= 4 is 11.8 Å². The molecule has 0 aromatic heterocycles. The molecule has 2 amide bonds. The van der Waals surface area contributed by atoms with E-state index in [1.165, 1.54) is 0 Å². The van der Waals surface area contributed by atoms with Gasteiger partial charge in [0.2, 0.25) is 11.8 Å². The molecule has 2 rings (SSSR count). The van der Waals surface area contributed by atoms with E-state index in [2.05, 4.69) is 0 Å². The van der Waals surface area contributed by atoms with Crippen LogP contribution in [0.4, 0.5) is 0 Å². The van der Waals surface area contributed by atoms with Gasteiger partial charge in [-0.1, -0.05) is 13.8 Å². The van der Waals surface area contributed by atoms with Crippen molar-refractivity contribution in [1.82, 2.24) is 9.80 Å². The summed E-state index contributed by atoms with van der Waals surface area (Å²) in [7, 11) is 0. The zero-order chi connectivity index (χ0) is 18.2. The molecule has 144 valence electrons. The molecule has 2 saturated heterocycles. The summed E-state index contributed by atoms with van der Waals surface area (Å²) in [6.07, 6.45) is 5.63. The number of carbonyl (C=O) groups excluding carboxylic acids is 2. The Balaban J connectivity index is 1.79. The van der Waals surface area contributed by atoms with Gasteiger partial charge in [0.15, 0.2) is 0 Å². The van der Waals surface area contributed by atoms with E-state index in [9.17, 15) is 9.59 Å². The van der Waals surface area contributed by atoms with Gasteiger partial charge in [-0.3, -0.25) is 9.59 Å². The van der Waals surface area contributed by atoms with Crippen LogP contribution in [0.2, 0.25) is 0 Å². The average molecular weight is 354 g/mol. The largest absolute Gasteiger partial charge is 0.378 e. The Morgan fingerprint density at radius 2 is 1.88 bits per heavy atom. The highest BCUT2D eigenvalue weighted by molar-refractivity contribution is 5.82. The van der Waals surface area contributed by atoms with E-state index >= 15 is 0 Å². The first kappa shape index (κ1) is 20.2. The third-order valence-electron chi connectivity index (χ3n) is 5.57. The summed E-state index contributed by atoms with van der Waals surface area (Å²) in [6.45, 7) is 8.30. The summed E-state index contributed by atoms with van der Waals surface area (Å²) in [5, 5.41) is 0. The first-order chi connectivity index (χ1) is 12.1. The third-order valence-corrected chi connectivity index (χ3v) is 5.57. The lowest BCUT2D eigenvalue weighted by Crippen LogP contribution is -2.50. The average Bonchev–Trinajstić information content (AvgIpc) is 2.67. The lowest BCUT2D eigenvalue weighted by atomic mass is 9.94. The molecule has 0 aliphatic carbocycles. The predicted octanol–water partition coefficient (Wildman–Crippen LogP) is 1.63. The maximum Gasteiger partial charge on any atom is 0.227 e. The molecule has 2 N–H and O–H groups in total. The Bertz CT molecular complexity index is 436. The third kappa shape index (κ3) is 5.68. The number of ether oxygens (including phenoxy) is 1. The molecule has 6 heteroatoms. The quantitative estimate of drug-likeness (QED) is 0.706. The Labute approximate surface area is 152 Å². The number of rotatable bonds is 7. The molecular formula is C19H35N3O3. The van der Waals surface area contributed by atoms with Crippen LogP contribution in [0, 0.1) is 11.8 Å². The van der Waals surface area contributed by atoms with Crippen LogP contribution in [0.5, 0.6) is 0 Å². The summed E-state index contributed by atoms with van der Waals surface area (Å²) in [5.74, 6) is 0.445. The second kappa shape index (κ2) is 10.1. The van der Waals surface area contributed by atoms with Crippen molar-refractivity contribution in [2.75, 3.05) is 39.3 Å². The van der Waals surface area contributed by atoms with Crippen molar-refractivity contribution in [2.24, 2.45) is 17.6 Å². The molecule has 0 saturated carbocycles. The van der Waals surface area contributed by atoms with Gasteiger partial charge in [0.25, 0.3) is 0 Å². The molecule has 2 atom stereocenters. The van der Waals surface area contributed by atoms with Gasteiger partial charge in [0.1, 0.15) is 0 Å². The normalized spacial score (nSPS) is 23.6. The molecule has 0 bridgehead atoms. The van der Waals surface area contributed by atoms with E-state index in [0.29, 0.717) is 19.7 Å². The lowest BCUT2D eigenvalue weighted by Gasteiger charge is -2.38. The van der Waals surface area contributed by atoms with Crippen molar-refractivity contribution in [1.29, 1.82) is 0 Å². The highest BCUT2D eigenvalue weighted by atomic mass is 16.5. The Morgan fingerprint density at radius 1 is 1.16 bits per heavy atom. The highest BCUT2D eigenvalue weighted by Crippen LogP contribution is 2.23. The fraction of sp³-hybridized carbons (Fsp3) is 0.895. The molecule has 2 fully saturated rings. The first-order valence-electron chi connectivity index (χ1n) is 9.96. The molecule has 2 aliphatic rings. The Kier molecular flexibility index (Phi) is 8.16. The van der Waals surface area contributed by atoms with Crippen LogP contribution >= 0.6 is 0 Å². The van der Waals surface area contributed by atoms with Gasteiger partial charge in [-0.2, -0.15) is 0 Å². The second-order valence-electron chi connectivity index (χ2n) is 7.47. The van der Waals surface area contributed by atoms with E-state index < -0.39 is 0 Å². The number of nitrogens with two attached hydrogens (primary N) is 1. The van der Waals surface area contributed by atoms with E-state index in [-0.39, 0.29) is 29.8 Å². The fourth-order valence-corrected chi connectivity index (χ4v) is 3.70. The molecule has 2 unspecified atom stereocenters. The van der Waals surface area contributed by atoms with Crippen LogP contribution in [0.3, 0.4) is 0 Å². The molecule has 0 aromatic carbocycles. The number of likely N-dealkylation sites (tertiary alicyclic amines) is 2. The summed E-state index contributed by atoms with van der Waals surface area (Å²) in [5.41, 5.74) is 5.49. The predicted molar refractivity (Wildman–Crippen MR) is 98.0 cm³/mol. The van der Waals surface area contributed by atoms with Crippen LogP contribution in [-0.4, -0.2) is 67.0 Å². The van der Waals surface area contributed by atoms with Crippen LogP contribution in [-0.2, 0) is 14.3 Å². The van der Waals surface area contributed by atoms with Crippen molar-refractivity contribution < 1.29 is 14.3 Å². The minimum Gasteiger partial charge on any atom is -0.378 e. The zero-order valence-electron chi connectivity index (χ0n) is 15.9. The summed E-state index contributed by atoms with van der Waals surface area (Å²) in [4.78, 5) is 29.2. The maximum absolute atomic E-state index is 12.9. The SMILES string of the molecule is CCC(C)C(=O)N1CCCC(C(=O)N2CCC(OCCCN)CC2)C1. The van der Waals surface area contributed by atoms with Gasteiger partial charge >= 0.3 is 0 Å². The van der Waals surface area contributed by atoms with Gasteiger partial charge < -0.3 is 20.3 Å². The Hall–Kier alpha value is -1.14. The number of hydrogen-bond acceptors (Lipinski definition) is 4. The van der Waals surface area contributed by atoms with Crippen LogP contribution in [0.1, 0.15) is 52.4 Å². The summed E-state index contributed by atoms with van der Waals surface area (Å²) < 4.78 is 5.81. The van der Waals surface area contributed by atoms with Crippen molar-refractivity contribution in [2.45, 2.75) is 58.5 Å². The molecule has 0 radical (unpaired) electrons. The lowest BCUT2D eigenvalue weighted by molar-refractivity contribution is -0.144. The molecular weight excluding hydrogens is 318 g/mol. The number of amides is 2. The number of nitrogens with zero attached hydrogens (tertiary/aromatic N) is 2. The van der Waals surface area contributed by atoms with Crippen molar-refractivity contribution in [3.05, 3.63) is 0 Å².